The summed E-state index contributed by atoms with van der Waals surface area (Å²) in [5.41, 5.74) is 0.304. The highest BCUT2D eigenvalue weighted by molar-refractivity contribution is 7.08. The van der Waals surface area contributed by atoms with Crippen molar-refractivity contribution in [3.05, 3.63) is 38.9 Å². The number of carbonyl (C=O) groups is 1. The SMILES string of the molecule is Cc1nnsc1C(=O)Nc1ccc([N+](=O)[O-])cc1O. The Morgan fingerprint density at radius 3 is 2.79 bits per heavy atom. The summed E-state index contributed by atoms with van der Waals surface area (Å²) in [6, 6.07) is 3.41. The number of amides is 1. The van der Waals surface area contributed by atoms with Gasteiger partial charge in [-0.15, -0.1) is 5.10 Å². The molecule has 0 saturated heterocycles. The van der Waals surface area contributed by atoms with Crippen LogP contribution in [-0.2, 0) is 0 Å². The lowest BCUT2D eigenvalue weighted by molar-refractivity contribution is -0.384. The average Bonchev–Trinajstić information content (AvgIpc) is 2.77. The van der Waals surface area contributed by atoms with Crippen LogP contribution in [-0.4, -0.2) is 25.5 Å². The van der Waals surface area contributed by atoms with E-state index < -0.39 is 10.8 Å². The van der Waals surface area contributed by atoms with E-state index in [0.29, 0.717) is 10.6 Å². The molecule has 0 spiro atoms. The molecule has 1 aromatic heterocycles. The standard InChI is InChI=1S/C10H8N4O4S/c1-5-9(19-13-12-5)10(16)11-7-3-2-6(14(17)18)4-8(7)15/h2-4,15H,1H3,(H,11,16). The predicted octanol–water partition coefficient (Wildman–Crippen LogP) is 1.71. The van der Waals surface area contributed by atoms with Crippen LogP contribution in [0.1, 0.15) is 15.4 Å². The van der Waals surface area contributed by atoms with Gasteiger partial charge >= 0.3 is 0 Å². The summed E-state index contributed by atoms with van der Waals surface area (Å²) in [5, 5.41) is 26.3. The number of aryl methyl sites for hydroxylation is 1. The van der Waals surface area contributed by atoms with Crippen molar-refractivity contribution in [3.8, 4) is 5.75 Å². The molecule has 2 N–H and O–H groups in total. The van der Waals surface area contributed by atoms with Crippen LogP contribution in [0.4, 0.5) is 11.4 Å². The maximum Gasteiger partial charge on any atom is 0.273 e. The number of nitrogens with one attached hydrogen (secondary N) is 1. The maximum atomic E-state index is 11.8. The van der Waals surface area contributed by atoms with Crippen LogP contribution in [0.25, 0.3) is 0 Å². The third-order valence-electron chi connectivity index (χ3n) is 2.30. The Labute approximate surface area is 111 Å². The van der Waals surface area contributed by atoms with Gasteiger partial charge < -0.3 is 10.4 Å². The monoisotopic (exact) mass is 280 g/mol. The molecule has 0 aliphatic heterocycles. The normalized spacial score (nSPS) is 10.2. The minimum absolute atomic E-state index is 0.0865. The number of hydrogen-bond donors (Lipinski definition) is 2. The van der Waals surface area contributed by atoms with Crippen molar-refractivity contribution >= 4 is 28.8 Å². The number of aromatic hydroxyl groups is 1. The van der Waals surface area contributed by atoms with E-state index in [1.807, 2.05) is 0 Å². The van der Waals surface area contributed by atoms with Gasteiger partial charge in [0.2, 0.25) is 0 Å². The van der Waals surface area contributed by atoms with Gasteiger partial charge in [0.1, 0.15) is 10.6 Å². The third kappa shape index (κ3) is 2.65. The number of nitro benzene ring substituents is 1. The molecule has 1 aromatic carbocycles. The second-order valence-electron chi connectivity index (χ2n) is 3.60. The largest absolute Gasteiger partial charge is 0.506 e. The van der Waals surface area contributed by atoms with E-state index in [4.69, 9.17) is 0 Å². The molecule has 2 rings (SSSR count). The van der Waals surface area contributed by atoms with Gasteiger partial charge in [0.15, 0.2) is 0 Å². The second-order valence-corrected chi connectivity index (χ2v) is 4.35. The van der Waals surface area contributed by atoms with E-state index >= 15 is 0 Å². The number of nitrogens with zero attached hydrogens (tertiary/aromatic N) is 3. The number of phenolic OH excluding ortho intramolecular Hbond substituents is 1. The first-order valence-electron chi connectivity index (χ1n) is 5.06. The fraction of sp³-hybridized carbons (Fsp3) is 0.100. The summed E-state index contributed by atoms with van der Waals surface area (Å²) >= 11 is 0.928. The van der Waals surface area contributed by atoms with E-state index in [0.717, 1.165) is 17.6 Å². The molecule has 8 nitrogen and oxygen atoms in total. The van der Waals surface area contributed by atoms with Crippen molar-refractivity contribution in [1.82, 2.24) is 9.59 Å². The highest BCUT2D eigenvalue weighted by Gasteiger charge is 2.16. The lowest BCUT2D eigenvalue weighted by atomic mass is 10.2. The summed E-state index contributed by atoms with van der Waals surface area (Å²) in [6.07, 6.45) is 0. The van der Waals surface area contributed by atoms with Crippen LogP contribution in [0, 0.1) is 17.0 Å². The van der Waals surface area contributed by atoms with Gasteiger partial charge in [0.05, 0.1) is 22.4 Å². The molecular weight excluding hydrogens is 272 g/mol. The zero-order valence-corrected chi connectivity index (χ0v) is 10.5. The fourth-order valence-electron chi connectivity index (χ4n) is 1.36. The third-order valence-corrected chi connectivity index (χ3v) is 3.12. The van der Waals surface area contributed by atoms with Gasteiger partial charge in [0.25, 0.3) is 11.6 Å². The van der Waals surface area contributed by atoms with Gasteiger partial charge in [0, 0.05) is 6.07 Å². The number of phenols is 1. The smallest absolute Gasteiger partial charge is 0.273 e. The predicted molar refractivity (Wildman–Crippen MR) is 67.4 cm³/mol. The van der Waals surface area contributed by atoms with Crippen LogP contribution in [0.15, 0.2) is 18.2 Å². The Morgan fingerprint density at radius 2 is 2.26 bits per heavy atom. The molecule has 9 heteroatoms. The van der Waals surface area contributed by atoms with Gasteiger partial charge in [-0.3, -0.25) is 14.9 Å². The van der Waals surface area contributed by atoms with Crippen LogP contribution in [0.2, 0.25) is 0 Å². The second kappa shape index (κ2) is 4.98. The number of benzene rings is 1. The number of carbonyl (C=O) groups excluding carboxylic acids is 1. The number of non-ortho nitro benzene ring substituents is 1. The molecule has 0 aliphatic carbocycles. The zero-order chi connectivity index (χ0) is 14.0. The van der Waals surface area contributed by atoms with E-state index in [1.54, 1.807) is 6.92 Å². The van der Waals surface area contributed by atoms with Gasteiger partial charge in [-0.1, -0.05) is 4.49 Å². The van der Waals surface area contributed by atoms with Crippen molar-refractivity contribution in [3.63, 3.8) is 0 Å². The number of aromatic nitrogens is 2. The topological polar surface area (TPSA) is 118 Å². The molecule has 2 aromatic rings. The Bertz CT molecular complexity index is 655. The summed E-state index contributed by atoms with van der Waals surface area (Å²) in [7, 11) is 0. The Hall–Kier alpha value is -2.55. The fourth-order valence-corrected chi connectivity index (χ4v) is 1.91. The first-order valence-corrected chi connectivity index (χ1v) is 5.84. The zero-order valence-electron chi connectivity index (χ0n) is 9.65. The lowest BCUT2D eigenvalue weighted by Crippen LogP contribution is -2.11. The molecular formula is C10H8N4O4S. The van der Waals surface area contributed by atoms with Gasteiger partial charge in [-0.2, -0.15) is 0 Å². The van der Waals surface area contributed by atoms with Crippen molar-refractivity contribution in [2.45, 2.75) is 6.92 Å². The molecule has 1 amide bonds. The number of rotatable bonds is 3. The first kappa shape index (κ1) is 12.9. The molecule has 0 radical (unpaired) electrons. The average molecular weight is 280 g/mol. The van der Waals surface area contributed by atoms with Crippen molar-refractivity contribution in [2.75, 3.05) is 5.32 Å². The highest BCUT2D eigenvalue weighted by Crippen LogP contribution is 2.28. The van der Waals surface area contributed by atoms with E-state index in [2.05, 4.69) is 14.9 Å². The number of nitro groups is 1. The molecule has 19 heavy (non-hydrogen) atoms. The highest BCUT2D eigenvalue weighted by atomic mass is 32.1. The molecule has 0 unspecified atom stereocenters. The molecule has 0 atom stereocenters. The van der Waals surface area contributed by atoms with Gasteiger partial charge in [-0.25, -0.2) is 0 Å². The molecule has 0 saturated carbocycles. The van der Waals surface area contributed by atoms with Crippen molar-refractivity contribution in [2.24, 2.45) is 0 Å². The van der Waals surface area contributed by atoms with Crippen LogP contribution in [0.5, 0.6) is 5.75 Å². The van der Waals surface area contributed by atoms with Crippen LogP contribution >= 0.6 is 11.5 Å². The summed E-state index contributed by atoms with van der Waals surface area (Å²) in [4.78, 5) is 22.0. The number of anilines is 1. The van der Waals surface area contributed by atoms with E-state index in [9.17, 15) is 20.0 Å². The minimum Gasteiger partial charge on any atom is -0.506 e. The van der Waals surface area contributed by atoms with E-state index in [1.165, 1.54) is 12.1 Å². The molecule has 0 fully saturated rings. The van der Waals surface area contributed by atoms with Crippen molar-refractivity contribution in [1.29, 1.82) is 0 Å². The summed E-state index contributed by atoms with van der Waals surface area (Å²) in [6.45, 7) is 1.63. The van der Waals surface area contributed by atoms with E-state index in [-0.39, 0.29) is 17.1 Å². The molecule has 1 heterocycles. The Kier molecular flexibility index (Phi) is 3.38. The first-order chi connectivity index (χ1) is 8.99. The van der Waals surface area contributed by atoms with Crippen LogP contribution in [0.3, 0.4) is 0 Å². The molecule has 98 valence electrons. The quantitative estimate of drug-likeness (QED) is 0.502. The summed E-state index contributed by atoms with van der Waals surface area (Å²) < 4.78 is 3.62. The molecule has 0 aliphatic rings. The maximum absolute atomic E-state index is 11.8. The van der Waals surface area contributed by atoms with Crippen LogP contribution < -0.4 is 5.32 Å². The van der Waals surface area contributed by atoms with Crippen molar-refractivity contribution < 1.29 is 14.8 Å². The summed E-state index contributed by atoms with van der Waals surface area (Å²) in [5.74, 6) is -0.852. The molecule has 0 bridgehead atoms. The minimum atomic E-state index is -0.636. The Balaban J connectivity index is 2.23. The number of hydrogen-bond acceptors (Lipinski definition) is 7. The lowest BCUT2D eigenvalue weighted by Gasteiger charge is -2.05. The van der Waals surface area contributed by atoms with Gasteiger partial charge in [-0.05, 0) is 24.5 Å². The Morgan fingerprint density at radius 1 is 1.53 bits per heavy atom.